The third kappa shape index (κ3) is 4.49. The van der Waals surface area contributed by atoms with Gasteiger partial charge in [0.2, 0.25) is 0 Å². The van der Waals surface area contributed by atoms with Crippen LogP contribution in [0.25, 0.3) is 99.5 Å². The maximum atomic E-state index is 6.68. The van der Waals surface area contributed by atoms with Crippen molar-refractivity contribution < 1.29 is 4.42 Å². The lowest BCUT2D eigenvalue weighted by molar-refractivity contribution is 0.670. The van der Waals surface area contributed by atoms with Crippen molar-refractivity contribution in [2.24, 2.45) is 0 Å². The number of furan rings is 1. The monoisotopic (exact) mass is 625 g/mol. The molecule has 0 amide bonds. The van der Waals surface area contributed by atoms with Gasteiger partial charge in [-0.25, -0.2) is 15.0 Å². The molecule has 0 spiro atoms. The highest BCUT2D eigenvalue weighted by Crippen LogP contribution is 2.42. The minimum absolute atomic E-state index is 0.600. The summed E-state index contributed by atoms with van der Waals surface area (Å²) in [4.78, 5) is 15.6. The lowest BCUT2D eigenvalue weighted by Gasteiger charge is -2.13. The predicted octanol–water partition coefficient (Wildman–Crippen LogP) is 11.9. The van der Waals surface area contributed by atoms with Crippen LogP contribution < -0.4 is 0 Å². The topological polar surface area (TPSA) is 51.8 Å². The number of aromatic nitrogens is 3. The molecule has 10 aromatic rings. The van der Waals surface area contributed by atoms with E-state index in [1.54, 1.807) is 0 Å². The van der Waals surface area contributed by atoms with Crippen LogP contribution in [0.1, 0.15) is 0 Å². The van der Waals surface area contributed by atoms with Crippen LogP contribution >= 0.6 is 0 Å². The molecule has 0 atom stereocenters. The average Bonchev–Trinajstić information content (AvgIpc) is 3.57. The Morgan fingerprint density at radius 2 is 0.959 bits per heavy atom. The molecule has 10 rings (SSSR count). The van der Waals surface area contributed by atoms with Gasteiger partial charge in [0.15, 0.2) is 17.5 Å². The number of nitrogens with zero attached hydrogens (tertiary/aromatic N) is 3. The number of hydrogen-bond acceptors (Lipinski definition) is 4. The van der Waals surface area contributed by atoms with Gasteiger partial charge in [-0.05, 0) is 68.2 Å². The molecule has 4 heteroatoms. The van der Waals surface area contributed by atoms with E-state index in [9.17, 15) is 0 Å². The van der Waals surface area contributed by atoms with E-state index in [1.807, 2.05) is 42.5 Å². The van der Waals surface area contributed by atoms with Crippen LogP contribution in [0.15, 0.2) is 168 Å². The van der Waals surface area contributed by atoms with E-state index in [1.165, 1.54) is 21.5 Å². The highest BCUT2D eigenvalue weighted by molar-refractivity contribution is 6.16. The molecule has 8 aromatic carbocycles. The van der Waals surface area contributed by atoms with Crippen LogP contribution in [0, 0.1) is 0 Å². The molecule has 0 bridgehead atoms. The fourth-order valence-electron chi connectivity index (χ4n) is 7.17. The normalized spacial score (nSPS) is 11.7. The van der Waals surface area contributed by atoms with Crippen molar-refractivity contribution >= 4 is 54.3 Å². The number of hydrogen-bond donors (Lipinski definition) is 0. The molecule has 0 aliphatic heterocycles. The molecule has 0 fully saturated rings. The first-order valence-corrected chi connectivity index (χ1v) is 16.4. The second-order valence-electron chi connectivity index (χ2n) is 12.4. The minimum atomic E-state index is 0.600. The second kappa shape index (κ2) is 11.0. The Labute approximate surface area is 282 Å². The third-order valence-electron chi connectivity index (χ3n) is 9.50. The smallest absolute Gasteiger partial charge is 0.164 e. The van der Waals surface area contributed by atoms with Gasteiger partial charge in [0.25, 0.3) is 0 Å². The summed E-state index contributed by atoms with van der Waals surface area (Å²) in [5.74, 6) is 1.85. The fraction of sp³-hybridized carbons (Fsp3) is 0. The van der Waals surface area contributed by atoms with Gasteiger partial charge in [-0.3, -0.25) is 0 Å². The van der Waals surface area contributed by atoms with Gasteiger partial charge < -0.3 is 4.42 Å². The first-order valence-electron chi connectivity index (χ1n) is 16.4. The molecule has 228 valence electrons. The molecule has 2 heterocycles. The Balaban J connectivity index is 1.27. The molecule has 0 unspecified atom stereocenters. The van der Waals surface area contributed by atoms with Gasteiger partial charge in [-0.1, -0.05) is 133 Å². The molecule has 0 saturated carbocycles. The molecular weight excluding hydrogens is 599 g/mol. The van der Waals surface area contributed by atoms with Gasteiger partial charge in [-0.2, -0.15) is 0 Å². The lowest BCUT2D eigenvalue weighted by Crippen LogP contribution is -2.01. The summed E-state index contributed by atoms with van der Waals surface area (Å²) in [7, 11) is 0. The van der Waals surface area contributed by atoms with Gasteiger partial charge in [0.1, 0.15) is 11.2 Å². The van der Waals surface area contributed by atoms with Gasteiger partial charge in [0, 0.05) is 33.0 Å². The summed E-state index contributed by atoms with van der Waals surface area (Å²) in [5, 5.41) is 9.01. The number of fused-ring (bicyclic) bond motifs is 7. The number of rotatable bonds is 4. The molecule has 0 aliphatic rings. The fourth-order valence-corrected chi connectivity index (χ4v) is 7.17. The Morgan fingerprint density at radius 1 is 0.347 bits per heavy atom. The van der Waals surface area contributed by atoms with Crippen LogP contribution in [0.3, 0.4) is 0 Å². The maximum Gasteiger partial charge on any atom is 0.164 e. The average molecular weight is 626 g/mol. The maximum absolute atomic E-state index is 6.68. The van der Waals surface area contributed by atoms with E-state index in [4.69, 9.17) is 19.4 Å². The van der Waals surface area contributed by atoms with Crippen LogP contribution in [0.2, 0.25) is 0 Å². The minimum Gasteiger partial charge on any atom is -0.455 e. The van der Waals surface area contributed by atoms with Crippen molar-refractivity contribution in [2.45, 2.75) is 0 Å². The van der Waals surface area contributed by atoms with Crippen molar-refractivity contribution in [2.75, 3.05) is 0 Å². The van der Waals surface area contributed by atoms with Crippen molar-refractivity contribution in [3.05, 3.63) is 164 Å². The standard InChI is InChI=1S/C45H27N3O/c1-2-13-29(14-3-1)43-46-44(48-45(47-43)39-27-31-16-6-7-17-33(31)35-18-8-9-19-36(35)39)38-25-24-34(32-23-22-28-12-4-5-15-30(28)26-32)42-41(38)37-20-10-11-21-40(37)49-42/h1-27H. The van der Waals surface area contributed by atoms with Crippen LogP contribution in [-0.4, -0.2) is 15.0 Å². The molecular formula is C45H27N3O. The van der Waals surface area contributed by atoms with Crippen LogP contribution in [0.4, 0.5) is 0 Å². The summed E-state index contributed by atoms with van der Waals surface area (Å²) in [5.41, 5.74) is 6.56. The highest BCUT2D eigenvalue weighted by Gasteiger charge is 2.21. The SMILES string of the molecule is c1ccc(-c2nc(-c3cc4ccccc4c4ccccc34)nc(-c3ccc(-c4ccc5ccccc5c4)c4oc5ccccc5c34)n2)cc1. The van der Waals surface area contributed by atoms with Crippen molar-refractivity contribution in [3.63, 3.8) is 0 Å². The van der Waals surface area contributed by atoms with Gasteiger partial charge in [0.05, 0.1) is 0 Å². The molecule has 49 heavy (non-hydrogen) atoms. The van der Waals surface area contributed by atoms with Gasteiger partial charge in [-0.15, -0.1) is 0 Å². The molecule has 0 aliphatic carbocycles. The second-order valence-corrected chi connectivity index (χ2v) is 12.4. The summed E-state index contributed by atoms with van der Waals surface area (Å²) in [6, 6.07) is 56.8. The predicted molar refractivity (Wildman–Crippen MR) is 201 cm³/mol. The van der Waals surface area contributed by atoms with E-state index in [0.29, 0.717) is 17.5 Å². The summed E-state index contributed by atoms with van der Waals surface area (Å²) >= 11 is 0. The zero-order valence-electron chi connectivity index (χ0n) is 26.3. The van der Waals surface area contributed by atoms with E-state index < -0.39 is 0 Å². The Kier molecular flexibility index (Phi) is 6.15. The molecule has 2 aromatic heterocycles. The Bertz CT molecular complexity index is 2890. The van der Waals surface area contributed by atoms with Crippen LogP contribution in [0.5, 0.6) is 0 Å². The largest absolute Gasteiger partial charge is 0.455 e. The molecule has 0 saturated heterocycles. The van der Waals surface area contributed by atoms with E-state index in [2.05, 4.69) is 121 Å². The first kappa shape index (κ1) is 27.5. The van der Waals surface area contributed by atoms with Crippen molar-refractivity contribution in [1.29, 1.82) is 0 Å². The van der Waals surface area contributed by atoms with Crippen molar-refractivity contribution in [1.82, 2.24) is 15.0 Å². The first-order chi connectivity index (χ1) is 24.3. The summed E-state index contributed by atoms with van der Waals surface area (Å²) in [6.45, 7) is 0. The number of benzene rings is 8. The summed E-state index contributed by atoms with van der Waals surface area (Å²) < 4.78 is 6.68. The number of para-hydroxylation sites is 1. The van der Waals surface area contributed by atoms with E-state index >= 15 is 0 Å². The summed E-state index contributed by atoms with van der Waals surface area (Å²) in [6.07, 6.45) is 0. The van der Waals surface area contributed by atoms with E-state index in [-0.39, 0.29) is 0 Å². The highest BCUT2D eigenvalue weighted by atomic mass is 16.3. The zero-order valence-corrected chi connectivity index (χ0v) is 26.3. The van der Waals surface area contributed by atoms with Crippen LogP contribution in [-0.2, 0) is 0 Å². The zero-order chi connectivity index (χ0) is 32.3. The van der Waals surface area contributed by atoms with E-state index in [0.717, 1.165) is 60.5 Å². The Morgan fingerprint density at radius 3 is 1.80 bits per heavy atom. The van der Waals surface area contributed by atoms with Gasteiger partial charge >= 0.3 is 0 Å². The Hall–Kier alpha value is -6.65. The molecule has 0 N–H and O–H groups in total. The lowest BCUT2D eigenvalue weighted by atomic mass is 9.96. The molecule has 0 radical (unpaired) electrons. The third-order valence-corrected chi connectivity index (χ3v) is 9.50. The quantitative estimate of drug-likeness (QED) is 0.183. The molecule has 4 nitrogen and oxygen atoms in total. The van der Waals surface area contributed by atoms with Crippen molar-refractivity contribution in [3.8, 4) is 45.3 Å².